The molecule has 0 aliphatic rings. The van der Waals surface area contributed by atoms with Crippen LogP contribution in [0.3, 0.4) is 0 Å². The Balaban J connectivity index is 1.97. The Morgan fingerprint density at radius 3 is 2.85 bits per heavy atom. The van der Waals surface area contributed by atoms with Crippen LogP contribution in [0.25, 0.3) is 10.9 Å². The summed E-state index contributed by atoms with van der Waals surface area (Å²) in [5.41, 5.74) is 2.79. The Hall–Kier alpha value is -2.40. The number of pyridine rings is 1. The molecule has 3 aromatic rings. The SMILES string of the molecule is Cc1cc(=O)[nH]c2cc(NC(=O)c3ccsc3)ccc12. The number of nitrogens with one attached hydrogen (secondary N) is 2. The van der Waals surface area contributed by atoms with Crippen LogP contribution in [0.2, 0.25) is 0 Å². The minimum absolute atomic E-state index is 0.142. The summed E-state index contributed by atoms with van der Waals surface area (Å²) < 4.78 is 0. The molecule has 100 valence electrons. The van der Waals surface area contributed by atoms with Gasteiger partial charge in [-0.15, -0.1) is 0 Å². The van der Waals surface area contributed by atoms with Crippen LogP contribution < -0.4 is 10.9 Å². The van der Waals surface area contributed by atoms with E-state index in [1.54, 1.807) is 23.6 Å². The van der Waals surface area contributed by atoms with Crippen molar-refractivity contribution in [1.29, 1.82) is 0 Å². The molecule has 0 aliphatic carbocycles. The first kappa shape index (κ1) is 12.6. The number of anilines is 1. The molecule has 0 atom stereocenters. The maximum Gasteiger partial charge on any atom is 0.256 e. The lowest BCUT2D eigenvalue weighted by molar-refractivity contribution is 0.102. The molecule has 1 amide bonds. The smallest absolute Gasteiger partial charge is 0.256 e. The Bertz CT molecular complexity index is 835. The second-order valence-corrected chi connectivity index (χ2v) is 5.32. The zero-order valence-corrected chi connectivity index (χ0v) is 11.6. The molecule has 0 spiro atoms. The number of aromatic nitrogens is 1. The van der Waals surface area contributed by atoms with Gasteiger partial charge in [0.15, 0.2) is 0 Å². The molecule has 5 heteroatoms. The summed E-state index contributed by atoms with van der Waals surface area (Å²) in [4.78, 5) is 26.2. The highest BCUT2D eigenvalue weighted by Gasteiger charge is 2.07. The number of fused-ring (bicyclic) bond motifs is 1. The number of carbonyl (C=O) groups excluding carboxylic acids is 1. The summed E-state index contributed by atoms with van der Waals surface area (Å²) in [7, 11) is 0. The molecule has 0 bridgehead atoms. The van der Waals surface area contributed by atoms with Crippen molar-refractivity contribution in [2.24, 2.45) is 0 Å². The number of hydrogen-bond donors (Lipinski definition) is 2. The fourth-order valence-electron chi connectivity index (χ4n) is 2.11. The topological polar surface area (TPSA) is 62.0 Å². The van der Waals surface area contributed by atoms with Gasteiger partial charge in [0, 0.05) is 22.5 Å². The average Bonchev–Trinajstić information content (AvgIpc) is 2.91. The first-order chi connectivity index (χ1) is 9.63. The minimum atomic E-state index is -0.152. The molecular formula is C15H12N2O2S. The van der Waals surface area contributed by atoms with Crippen molar-refractivity contribution in [2.75, 3.05) is 5.32 Å². The van der Waals surface area contributed by atoms with E-state index in [0.29, 0.717) is 11.3 Å². The number of thiophene rings is 1. The third kappa shape index (κ3) is 2.35. The first-order valence-electron chi connectivity index (χ1n) is 6.11. The van der Waals surface area contributed by atoms with Crippen molar-refractivity contribution < 1.29 is 4.79 Å². The molecule has 0 unspecified atom stereocenters. The quantitative estimate of drug-likeness (QED) is 0.759. The number of aryl methyl sites for hydroxylation is 1. The highest BCUT2D eigenvalue weighted by Crippen LogP contribution is 2.20. The summed E-state index contributed by atoms with van der Waals surface area (Å²) in [5, 5.41) is 7.44. The van der Waals surface area contributed by atoms with Crippen molar-refractivity contribution in [3.63, 3.8) is 0 Å². The molecule has 20 heavy (non-hydrogen) atoms. The Labute approximate surface area is 119 Å². The van der Waals surface area contributed by atoms with Gasteiger partial charge in [0.25, 0.3) is 5.91 Å². The van der Waals surface area contributed by atoms with Crippen LogP contribution in [0.5, 0.6) is 0 Å². The molecule has 2 aromatic heterocycles. The number of rotatable bonds is 2. The number of aromatic amines is 1. The van der Waals surface area contributed by atoms with Crippen LogP contribution in [0, 0.1) is 6.92 Å². The van der Waals surface area contributed by atoms with Crippen molar-refractivity contribution >= 4 is 33.8 Å². The van der Waals surface area contributed by atoms with Gasteiger partial charge >= 0.3 is 0 Å². The first-order valence-corrected chi connectivity index (χ1v) is 7.05. The van der Waals surface area contributed by atoms with Crippen LogP contribution in [0.4, 0.5) is 5.69 Å². The van der Waals surface area contributed by atoms with E-state index in [0.717, 1.165) is 16.5 Å². The Morgan fingerprint density at radius 1 is 1.25 bits per heavy atom. The summed E-state index contributed by atoms with van der Waals surface area (Å²) in [5.74, 6) is -0.152. The fourth-order valence-corrected chi connectivity index (χ4v) is 2.75. The highest BCUT2D eigenvalue weighted by molar-refractivity contribution is 7.08. The van der Waals surface area contributed by atoms with Gasteiger partial charge in [0.2, 0.25) is 5.56 Å². The number of H-pyrrole nitrogens is 1. The zero-order chi connectivity index (χ0) is 14.1. The van der Waals surface area contributed by atoms with Gasteiger partial charge in [-0.3, -0.25) is 9.59 Å². The van der Waals surface area contributed by atoms with E-state index in [1.807, 2.05) is 24.4 Å². The molecule has 1 aromatic carbocycles. The molecule has 3 rings (SSSR count). The summed E-state index contributed by atoms with van der Waals surface area (Å²) in [6, 6.07) is 8.83. The van der Waals surface area contributed by atoms with Crippen LogP contribution in [0.15, 0.2) is 45.9 Å². The van der Waals surface area contributed by atoms with Crippen LogP contribution in [-0.4, -0.2) is 10.9 Å². The lowest BCUT2D eigenvalue weighted by atomic mass is 10.1. The van der Waals surface area contributed by atoms with Crippen LogP contribution in [-0.2, 0) is 0 Å². The normalized spacial score (nSPS) is 10.7. The molecule has 2 heterocycles. The number of benzene rings is 1. The summed E-state index contributed by atoms with van der Waals surface area (Å²) >= 11 is 1.48. The fraction of sp³-hybridized carbons (Fsp3) is 0.0667. The maximum absolute atomic E-state index is 12.0. The third-order valence-electron chi connectivity index (χ3n) is 3.09. The second-order valence-electron chi connectivity index (χ2n) is 4.54. The maximum atomic E-state index is 12.0. The van der Waals surface area contributed by atoms with E-state index in [2.05, 4.69) is 10.3 Å². The monoisotopic (exact) mass is 284 g/mol. The number of carbonyl (C=O) groups is 1. The van der Waals surface area contributed by atoms with Crippen LogP contribution >= 0.6 is 11.3 Å². The predicted molar refractivity (Wildman–Crippen MR) is 81.6 cm³/mol. The van der Waals surface area contributed by atoms with E-state index >= 15 is 0 Å². The van der Waals surface area contributed by atoms with E-state index in [9.17, 15) is 9.59 Å². The highest BCUT2D eigenvalue weighted by atomic mass is 32.1. The van der Waals surface area contributed by atoms with E-state index in [-0.39, 0.29) is 11.5 Å². The molecule has 4 nitrogen and oxygen atoms in total. The molecule has 0 saturated carbocycles. The zero-order valence-electron chi connectivity index (χ0n) is 10.8. The largest absolute Gasteiger partial charge is 0.322 e. The van der Waals surface area contributed by atoms with Gasteiger partial charge in [0.05, 0.1) is 11.1 Å². The third-order valence-corrected chi connectivity index (χ3v) is 3.77. The lowest BCUT2D eigenvalue weighted by Gasteiger charge is -2.07. The molecule has 0 fully saturated rings. The van der Waals surface area contributed by atoms with Crippen molar-refractivity contribution in [2.45, 2.75) is 6.92 Å². The van der Waals surface area contributed by atoms with E-state index in [4.69, 9.17) is 0 Å². The predicted octanol–water partition coefficient (Wildman–Crippen LogP) is 3.15. The number of amides is 1. The molecule has 0 aliphatic heterocycles. The van der Waals surface area contributed by atoms with Gasteiger partial charge in [-0.1, -0.05) is 6.07 Å². The van der Waals surface area contributed by atoms with E-state index in [1.165, 1.54) is 11.3 Å². The lowest BCUT2D eigenvalue weighted by Crippen LogP contribution is -2.11. The van der Waals surface area contributed by atoms with E-state index < -0.39 is 0 Å². The van der Waals surface area contributed by atoms with Gasteiger partial charge < -0.3 is 10.3 Å². The van der Waals surface area contributed by atoms with Gasteiger partial charge in [-0.05, 0) is 36.1 Å². The minimum Gasteiger partial charge on any atom is -0.322 e. The van der Waals surface area contributed by atoms with Gasteiger partial charge in [-0.25, -0.2) is 0 Å². The standard InChI is InChI=1S/C15H12N2O2S/c1-9-6-14(18)17-13-7-11(2-3-12(9)13)16-15(19)10-4-5-20-8-10/h2-8H,1H3,(H,16,19)(H,17,18). The summed E-state index contributed by atoms with van der Waals surface area (Å²) in [6.45, 7) is 1.89. The molecule has 2 N–H and O–H groups in total. The molecular weight excluding hydrogens is 272 g/mol. The molecule has 0 saturated heterocycles. The van der Waals surface area contributed by atoms with Crippen LogP contribution in [0.1, 0.15) is 15.9 Å². The Kier molecular flexibility index (Phi) is 3.12. The average molecular weight is 284 g/mol. The van der Waals surface area contributed by atoms with Crippen molar-refractivity contribution in [1.82, 2.24) is 4.98 Å². The van der Waals surface area contributed by atoms with Crippen molar-refractivity contribution in [3.05, 3.63) is 62.6 Å². The van der Waals surface area contributed by atoms with Crippen molar-refractivity contribution in [3.8, 4) is 0 Å². The Morgan fingerprint density at radius 2 is 2.10 bits per heavy atom. The van der Waals surface area contributed by atoms with Gasteiger partial charge in [-0.2, -0.15) is 11.3 Å². The summed E-state index contributed by atoms with van der Waals surface area (Å²) in [6.07, 6.45) is 0. The molecule has 0 radical (unpaired) electrons. The second kappa shape index (κ2) is 4.94. The van der Waals surface area contributed by atoms with Gasteiger partial charge in [0.1, 0.15) is 0 Å². The number of hydrogen-bond acceptors (Lipinski definition) is 3.